The lowest BCUT2D eigenvalue weighted by atomic mass is 10.1. The molecule has 0 aliphatic heterocycles. The van der Waals surface area contributed by atoms with Gasteiger partial charge >= 0.3 is 0 Å². The van der Waals surface area contributed by atoms with Crippen LogP contribution in [0.25, 0.3) is 0 Å². The van der Waals surface area contributed by atoms with Crippen LogP contribution in [-0.2, 0) is 0 Å². The van der Waals surface area contributed by atoms with Crippen molar-refractivity contribution in [2.24, 2.45) is 16.5 Å². The van der Waals surface area contributed by atoms with Crippen molar-refractivity contribution in [1.29, 1.82) is 0 Å². The largest absolute Gasteiger partial charge is 0.370 e. The van der Waals surface area contributed by atoms with Crippen molar-refractivity contribution in [2.45, 2.75) is 26.3 Å². The molecule has 0 aromatic carbocycles. The van der Waals surface area contributed by atoms with E-state index >= 15 is 0 Å². The van der Waals surface area contributed by atoms with Crippen molar-refractivity contribution in [2.75, 3.05) is 0 Å². The molecular weight excluding hydrogens is 102 g/mol. The van der Waals surface area contributed by atoms with Crippen LogP contribution in [0.2, 0.25) is 0 Å². The molecule has 50 valence electrons. The van der Waals surface area contributed by atoms with Gasteiger partial charge in [-0.25, -0.2) is 4.99 Å². The van der Waals surface area contributed by atoms with Gasteiger partial charge in [-0.15, -0.1) is 0 Å². The normalized spacial score (nSPS) is 10.9. The molecule has 0 aromatic rings. The molecule has 0 saturated carbocycles. The minimum absolute atomic E-state index is 0. The zero-order valence-corrected chi connectivity index (χ0v) is 5.60. The Morgan fingerprint density at radius 3 is 1.75 bits per heavy atom. The summed E-state index contributed by atoms with van der Waals surface area (Å²) >= 11 is 0. The van der Waals surface area contributed by atoms with Gasteiger partial charge in [-0.1, -0.05) is 0 Å². The second kappa shape index (κ2) is 2.03. The Kier molecular flexibility index (Phi) is 1.84. The van der Waals surface area contributed by atoms with Crippen molar-refractivity contribution < 1.29 is 1.43 Å². The third-order valence-electron chi connectivity index (χ3n) is 0.465. The van der Waals surface area contributed by atoms with Crippen LogP contribution in [0.15, 0.2) is 4.99 Å². The second-order valence-electron chi connectivity index (χ2n) is 2.71. The molecule has 0 atom stereocenters. The molecular formula is C5H15N3. The van der Waals surface area contributed by atoms with E-state index in [2.05, 4.69) is 4.99 Å². The van der Waals surface area contributed by atoms with Crippen LogP contribution in [0.4, 0.5) is 0 Å². The monoisotopic (exact) mass is 117 g/mol. The van der Waals surface area contributed by atoms with Crippen LogP contribution in [0.3, 0.4) is 0 Å². The van der Waals surface area contributed by atoms with E-state index < -0.39 is 0 Å². The Balaban J connectivity index is 0. The minimum Gasteiger partial charge on any atom is -0.370 e. The highest BCUT2D eigenvalue weighted by atomic mass is 15.0. The first-order valence-corrected chi connectivity index (χ1v) is 2.52. The van der Waals surface area contributed by atoms with Gasteiger partial charge in [0, 0.05) is 1.43 Å². The topological polar surface area (TPSA) is 64.4 Å². The summed E-state index contributed by atoms with van der Waals surface area (Å²) in [7, 11) is 0. The maximum absolute atomic E-state index is 5.11. The predicted octanol–water partition coefficient (Wildman–Crippen LogP) is 0.304. The lowest BCUT2D eigenvalue weighted by Crippen LogP contribution is -2.27. The van der Waals surface area contributed by atoms with Gasteiger partial charge in [-0.3, -0.25) is 0 Å². The average Bonchev–Trinajstić information content (AvgIpc) is 1.21. The van der Waals surface area contributed by atoms with E-state index in [1.807, 2.05) is 20.8 Å². The maximum Gasteiger partial charge on any atom is 0.186 e. The number of hydrogen-bond donors (Lipinski definition) is 2. The molecule has 0 unspecified atom stereocenters. The van der Waals surface area contributed by atoms with E-state index in [0.717, 1.165) is 0 Å². The summed E-state index contributed by atoms with van der Waals surface area (Å²) in [5, 5.41) is 0. The van der Waals surface area contributed by atoms with Gasteiger partial charge in [-0.05, 0) is 20.8 Å². The minimum atomic E-state index is -0.140. The van der Waals surface area contributed by atoms with Crippen LogP contribution in [0.5, 0.6) is 0 Å². The third kappa shape index (κ3) is 5.27. The smallest absolute Gasteiger partial charge is 0.186 e. The van der Waals surface area contributed by atoms with Crippen molar-refractivity contribution in [3.05, 3.63) is 0 Å². The van der Waals surface area contributed by atoms with E-state index in [0.29, 0.717) is 0 Å². The first-order valence-electron chi connectivity index (χ1n) is 2.52. The van der Waals surface area contributed by atoms with Gasteiger partial charge in [-0.2, -0.15) is 0 Å². The molecule has 3 nitrogen and oxygen atoms in total. The predicted molar refractivity (Wildman–Crippen MR) is 37.7 cm³/mol. The first kappa shape index (κ1) is 7.27. The molecule has 0 heterocycles. The van der Waals surface area contributed by atoms with E-state index in [-0.39, 0.29) is 12.9 Å². The molecule has 0 aromatic heterocycles. The van der Waals surface area contributed by atoms with Crippen molar-refractivity contribution >= 4 is 5.96 Å². The van der Waals surface area contributed by atoms with Crippen LogP contribution in [-0.4, -0.2) is 11.5 Å². The van der Waals surface area contributed by atoms with Gasteiger partial charge < -0.3 is 11.5 Å². The first-order chi connectivity index (χ1) is 3.42. The molecule has 8 heavy (non-hydrogen) atoms. The number of rotatable bonds is 0. The number of nitrogens with zero attached hydrogens (tertiary/aromatic N) is 1. The molecule has 0 radical (unpaired) electrons. The van der Waals surface area contributed by atoms with Gasteiger partial charge in [0.1, 0.15) is 0 Å². The number of nitrogens with two attached hydrogens (primary N) is 2. The highest BCUT2D eigenvalue weighted by Crippen LogP contribution is 2.03. The molecule has 3 heteroatoms. The molecule has 0 spiro atoms. The second-order valence-corrected chi connectivity index (χ2v) is 2.71. The maximum atomic E-state index is 5.11. The highest BCUT2D eigenvalue weighted by molar-refractivity contribution is 5.76. The summed E-state index contributed by atoms with van der Waals surface area (Å²) in [6, 6.07) is 0. The molecule has 0 fully saturated rings. The van der Waals surface area contributed by atoms with Crippen LogP contribution < -0.4 is 11.5 Å². The summed E-state index contributed by atoms with van der Waals surface area (Å²) in [5.41, 5.74) is 10.1. The summed E-state index contributed by atoms with van der Waals surface area (Å²) < 4.78 is 0. The summed E-state index contributed by atoms with van der Waals surface area (Å²) in [4.78, 5) is 3.88. The van der Waals surface area contributed by atoms with E-state index in [9.17, 15) is 0 Å². The molecule has 4 N–H and O–H groups in total. The van der Waals surface area contributed by atoms with Crippen LogP contribution >= 0.6 is 0 Å². The fraction of sp³-hybridized carbons (Fsp3) is 0.800. The molecule has 0 amide bonds. The Morgan fingerprint density at radius 1 is 1.38 bits per heavy atom. The SMILES string of the molecule is CC(C)(C)N=C(N)N.[HH]. The Labute approximate surface area is 51.3 Å². The average molecular weight is 117 g/mol. The standard InChI is InChI=1S/C5H13N3.H2/c1-5(2,3)8-4(6)7;/h1-3H3,(H4,6,7,8);1H. The van der Waals surface area contributed by atoms with E-state index in [4.69, 9.17) is 11.5 Å². The Hall–Kier alpha value is -0.730. The van der Waals surface area contributed by atoms with Crippen LogP contribution in [0, 0.1) is 0 Å². The summed E-state index contributed by atoms with van der Waals surface area (Å²) in [6.45, 7) is 5.81. The lowest BCUT2D eigenvalue weighted by Gasteiger charge is -2.10. The fourth-order valence-electron chi connectivity index (χ4n) is 0.387. The summed E-state index contributed by atoms with van der Waals surface area (Å²) in [6.07, 6.45) is 0. The Morgan fingerprint density at radius 2 is 1.75 bits per heavy atom. The lowest BCUT2D eigenvalue weighted by molar-refractivity contribution is 0.582. The fourth-order valence-corrected chi connectivity index (χ4v) is 0.387. The summed E-state index contributed by atoms with van der Waals surface area (Å²) in [5.74, 6) is 0.150. The number of aliphatic imine (C=N–C) groups is 1. The number of guanidine groups is 1. The molecule has 0 rings (SSSR count). The zero-order valence-electron chi connectivity index (χ0n) is 5.60. The molecule has 0 bridgehead atoms. The van der Waals surface area contributed by atoms with Crippen LogP contribution in [0.1, 0.15) is 22.2 Å². The van der Waals surface area contributed by atoms with E-state index in [1.54, 1.807) is 0 Å². The van der Waals surface area contributed by atoms with Crippen molar-refractivity contribution in [1.82, 2.24) is 0 Å². The van der Waals surface area contributed by atoms with Gasteiger partial charge in [0.15, 0.2) is 5.96 Å². The molecule has 0 aliphatic carbocycles. The van der Waals surface area contributed by atoms with Crippen molar-refractivity contribution in [3.8, 4) is 0 Å². The highest BCUT2D eigenvalue weighted by Gasteiger charge is 2.05. The molecule has 0 aliphatic rings. The third-order valence-corrected chi connectivity index (χ3v) is 0.465. The molecule has 0 saturated heterocycles. The van der Waals surface area contributed by atoms with Crippen molar-refractivity contribution in [3.63, 3.8) is 0 Å². The van der Waals surface area contributed by atoms with E-state index in [1.165, 1.54) is 0 Å². The number of hydrogen-bond acceptors (Lipinski definition) is 1. The van der Waals surface area contributed by atoms with Gasteiger partial charge in [0.2, 0.25) is 0 Å². The zero-order chi connectivity index (χ0) is 6.78. The quantitative estimate of drug-likeness (QED) is 0.354. The van der Waals surface area contributed by atoms with Gasteiger partial charge in [0.25, 0.3) is 0 Å². The Bertz CT molecular complexity index is 99.3. The van der Waals surface area contributed by atoms with Gasteiger partial charge in [0.05, 0.1) is 5.54 Å².